The number of aliphatic carboxylic acids is 1. The zero-order valence-corrected chi connectivity index (χ0v) is 21.2. The first kappa shape index (κ1) is 32.6. The number of halogens is 3. The van der Waals surface area contributed by atoms with E-state index in [0.29, 0.717) is 18.9 Å². The number of benzene rings is 1. The molecule has 1 N–H and O–H groups in total. The average Bonchev–Trinajstić information content (AvgIpc) is 3.16. The van der Waals surface area contributed by atoms with Crippen molar-refractivity contribution in [3.05, 3.63) is 84.5 Å². The second kappa shape index (κ2) is 15.2. The Balaban J connectivity index is 2.25. The molecule has 1 fully saturated rings. The molecule has 5 atom stereocenters. The number of ether oxygens (including phenoxy) is 1. The summed E-state index contributed by atoms with van der Waals surface area (Å²) in [5, 5.41) is 38.5. The fourth-order valence-corrected chi connectivity index (χ4v) is 4.28. The summed E-state index contributed by atoms with van der Waals surface area (Å²) >= 11 is 0. The van der Waals surface area contributed by atoms with Crippen molar-refractivity contribution in [3.8, 4) is 5.75 Å². The molecule has 1 saturated carbocycles. The number of hydrogen-bond acceptors (Lipinski definition) is 11. The summed E-state index contributed by atoms with van der Waals surface area (Å²) in [7, 11) is 0. The van der Waals surface area contributed by atoms with E-state index >= 15 is 0 Å². The van der Waals surface area contributed by atoms with Crippen LogP contribution in [0.2, 0.25) is 0 Å². The van der Waals surface area contributed by atoms with Crippen molar-refractivity contribution >= 4 is 5.97 Å². The molecule has 41 heavy (non-hydrogen) atoms. The first-order valence-corrected chi connectivity index (χ1v) is 12.0. The number of carbonyl (C=O) groups is 1. The van der Waals surface area contributed by atoms with E-state index in [0.717, 1.165) is 18.2 Å². The van der Waals surface area contributed by atoms with Crippen LogP contribution in [-0.4, -0.2) is 51.3 Å². The molecule has 2 rings (SSSR count). The van der Waals surface area contributed by atoms with Crippen LogP contribution in [0.3, 0.4) is 0 Å². The molecule has 1 aromatic rings. The van der Waals surface area contributed by atoms with Gasteiger partial charge in [0.1, 0.15) is 24.6 Å². The third-order valence-electron chi connectivity index (χ3n) is 5.99. The molecule has 1 aliphatic carbocycles. The maximum absolute atomic E-state index is 13.0. The minimum atomic E-state index is -4.66. The highest BCUT2D eigenvalue weighted by molar-refractivity contribution is 5.66. The summed E-state index contributed by atoms with van der Waals surface area (Å²) in [6, 6.07) is 3.75. The molecule has 0 saturated heterocycles. The number of unbranched alkanes of at least 4 members (excludes halogenated alkanes) is 1. The van der Waals surface area contributed by atoms with Gasteiger partial charge in [-0.1, -0.05) is 30.4 Å². The van der Waals surface area contributed by atoms with Crippen molar-refractivity contribution < 1.29 is 57.6 Å². The lowest BCUT2D eigenvalue weighted by atomic mass is 9.89. The predicted molar refractivity (Wildman–Crippen MR) is 129 cm³/mol. The zero-order valence-electron chi connectivity index (χ0n) is 21.2. The minimum Gasteiger partial charge on any atom is -0.491 e. The maximum atomic E-state index is 13.0. The van der Waals surface area contributed by atoms with E-state index in [1.54, 1.807) is 12.2 Å². The van der Waals surface area contributed by atoms with Crippen LogP contribution in [0.4, 0.5) is 13.2 Å². The molecule has 18 heteroatoms. The van der Waals surface area contributed by atoms with Gasteiger partial charge in [-0.2, -0.15) is 13.2 Å². The second-order valence-corrected chi connectivity index (χ2v) is 8.79. The summed E-state index contributed by atoms with van der Waals surface area (Å²) in [4.78, 5) is 57.7. The lowest BCUT2D eigenvalue weighted by Gasteiger charge is -2.22. The molecule has 15 nitrogen and oxygen atoms in total. The van der Waals surface area contributed by atoms with Crippen LogP contribution in [0.25, 0.3) is 0 Å². The monoisotopic (exact) mass is 593 g/mol. The third-order valence-corrected chi connectivity index (χ3v) is 5.99. The lowest BCUT2D eigenvalue weighted by Crippen LogP contribution is -2.27. The van der Waals surface area contributed by atoms with E-state index in [4.69, 9.17) is 19.5 Å². The number of hydrogen-bond donors (Lipinski definition) is 1. The standard InChI is InChI=1S/C23H26F3N3O12/c24-23(25,26)15-6-5-7-16(12-15)38-14-17(39-27(32)33)10-11-19-18(8-3-1-2-4-9-22(30)31)20(40-28(34)35)13-21(19)41-29(36)37/h1,3,5-7,10-12,17-21H,2,4,8-9,13-14H2,(H,30,31)/t17-,18-,19-,20+,21-/m1/s1. The Bertz CT molecular complexity index is 1130. The SMILES string of the molecule is O=C(O)CCCC=CC[C@@H]1[C@@H](C=C[C@H](COc2cccc(C(F)(F)F)c2)O[N+](=O)[O-])[C@H](O[N+](=O)[O-])C[C@@H]1O[N+](=O)[O-]. The average molecular weight is 593 g/mol. The smallest absolute Gasteiger partial charge is 0.416 e. The number of rotatable bonds is 17. The molecular formula is C23H26F3N3O12. The molecule has 1 aliphatic rings. The quantitative estimate of drug-likeness (QED) is 0.117. The molecule has 0 radical (unpaired) electrons. The molecule has 0 heterocycles. The van der Waals surface area contributed by atoms with Gasteiger partial charge in [0.05, 0.1) is 5.56 Å². The van der Waals surface area contributed by atoms with Crippen LogP contribution < -0.4 is 4.74 Å². The van der Waals surface area contributed by atoms with Crippen LogP contribution in [0.5, 0.6) is 5.75 Å². The molecular weight excluding hydrogens is 567 g/mol. The van der Waals surface area contributed by atoms with Gasteiger partial charge in [0.25, 0.3) is 15.3 Å². The van der Waals surface area contributed by atoms with Crippen LogP contribution >= 0.6 is 0 Å². The number of carboxylic acid groups (broad SMARTS) is 1. The topological polar surface area (TPSA) is 204 Å². The Morgan fingerprint density at radius 2 is 1.76 bits per heavy atom. The lowest BCUT2D eigenvalue weighted by molar-refractivity contribution is -0.776. The summed E-state index contributed by atoms with van der Waals surface area (Å²) in [6.07, 6.45) is -2.56. The van der Waals surface area contributed by atoms with Gasteiger partial charge >= 0.3 is 12.1 Å². The Hall–Kier alpha value is -4.64. The van der Waals surface area contributed by atoms with Gasteiger partial charge in [0, 0.05) is 18.8 Å². The van der Waals surface area contributed by atoms with Crippen molar-refractivity contribution in [1.82, 2.24) is 0 Å². The van der Waals surface area contributed by atoms with E-state index in [-0.39, 0.29) is 25.0 Å². The van der Waals surface area contributed by atoms with Gasteiger partial charge in [0.2, 0.25) is 0 Å². The summed E-state index contributed by atoms with van der Waals surface area (Å²) in [5.41, 5.74) is -1.02. The Kier molecular flexibility index (Phi) is 12.1. The fraction of sp³-hybridized carbons (Fsp3) is 0.522. The highest BCUT2D eigenvalue weighted by Gasteiger charge is 2.45. The first-order valence-electron chi connectivity index (χ1n) is 12.0. The molecule has 0 aromatic heterocycles. The van der Waals surface area contributed by atoms with Crippen LogP contribution in [0.1, 0.15) is 37.7 Å². The number of allylic oxidation sites excluding steroid dienone is 2. The Morgan fingerprint density at radius 1 is 1.07 bits per heavy atom. The minimum absolute atomic E-state index is 0.0780. The molecule has 1 aromatic carbocycles. The largest absolute Gasteiger partial charge is 0.491 e. The fourth-order valence-electron chi connectivity index (χ4n) is 4.28. The normalized spacial score (nSPS) is 21.4. The highest BCUT2D eigenvalue weighted by Crippen LogP contribution is 2.40. The summed E-state index contributed by atoms with van der Waals surface area (Å²) < 4.78 is 44.1. The van der Waals surface area contributed by atoms with Gasteiger partial charge in [-0.15, -0.1) is 30.3 Å². The highest BCUT2D eigenvalue weighted by atomic mass is 19.4. The van der Waals surface area contributed by atoms with Crippen molar-refractivity contribution in [3.63, 3.8) is 0 Å². The summed E-state index contributed by atoms with van der Waals surface area (Å²) in [6.45, 7) is -0.630. The summed E-state index contributed by atoms with van der Waals surface area (Å²) in [5.74, 6) is -2.99. The number of alkyl halides is 3. The maximum Gasteiger partial charge on any atom is 0.416 e. The van der Waals surface area contributed by atoms with E-state index < -0.39 is 69.7 Å². The van der Waals surface area contributed by atoms with E-state index in [1.165, 1.54) is 12.1 Å². The second-order valence-electron chi connectivity index (χ2n) is 8.79. The van der Waals surface area contributed by atoms with Gasteiger partial charge < -0.3 is 24.4 Å². The number of carboxylic acids is 1. The van der Waals surface area contributed by atoms with Crippen molar-refractivity contribution in [2.75, 3.05) is 6.61 Å². The van der Waals surface area contributed by atoms with E-state index in [9.17, 15) is 48.3 Å². The van der Waals surface area contributed by atoms with Gasteiger partial charge in [-0.3, -0.25) is 4.79 Å². The molecule has 0 spiro atoms. The first-order chi connectivity index (χ1) is 19.3. The molecule has 0 unspecified atom stereocenters. The Labute approximate surface area is 229 Å². The zero-order chi connectivity index (χ0) is 30.6. The van der Waals surface area contributed by atoms with Crippen molar-refractivity contribution in [2.24, 2.45) is 11.8 Å². The predicted octanol–water partition coefficient (Wildman–Crippen LogP) is 4.21. The van der Waals surface area contributed by atoms with Gasteiger partial charge in [-0.25, -0.2) is 0 Å². The van der Waals surface area contributed by atoms with Crippen LogP contribution in [0.15, 0.2) is 48.6 Å². The molecule has 0 aliphatic heterocycles. The van der Waals surface area contributed by atoms with Crippen molar-refractivity contribution in [2.45, 2.75) is 56.6 Å². The third kappa shape index (κ3) is 11.6. The Morgan fingerprint density at radius 3 is 2.37 bits per heavy atom. The molecule has 0 bridgehead atoms. The number of nitrogens with zero attached hydrogens (tertiary/aromatic N) is 3. The van der Waals surface area contributed by atoms with Crippen LogP contribution in [-0.2, 0) is 25.5 Å². The van der Waals surface area contributed by atoms with E-state index in [1.807, 2.05) is 0 Å². The van der Waals surface area contributed by atoms with E-state index in [2.05, 4.69) is 4.84 Å². The van der Waals surface area contributed by atoms with Gasteiger partial charge in [-0.05, 0) is 43.4 Å². The van der Waals surface area contributed by atoms with Crippen LogP contribution in [0, 0.1) is 42.2 Å². The van der Waals surface area contributed by atoms with Gasteiger partial charge in [0.15, 0.2) is 6.10 Å². The molecule has 226 valence electrons. The molecule has 0 amide bonds. The van der Waals surface area contributed by atoms with Crippen molar-refractivity contribution in [1.29, 1.82) is 0 Å².